The second kappa shape index (κ2) is 4.34. The van der Waals surface area contributed by atoms with Crippen molar-refractivity contribution < 1.29 is 9.08 Å². The minimum absolute atomic E-state index is 0.185. The van der Waals surface area contributed by atoms with Gasteiger partial charge in [0.1, 0.15) is 11.9 Å². The van der Waals surface area contributed by atoms with Crippen LogP contribution in [-0.2, 0) is 9.08 Å². The summed E-state index contributed by atoms with van der Waals surface area (Å²) in [6, 6.07) is 0. The second-order valence-corrected chi connectivity index (χ2v) is 2.61. The van der Waals surface area contributed by atoms with E-state index in [1.165, 1.54) is 0 Å². The van der Waals surface area contributed by atoms with Gasteiger partial charge in [-0.2, -0.15) is 0 Å². The maximum atomic E-state index is 10.7. The van der Waals surface area contributed by atoms with E-state index in [2.05, 4.69) is 10.9 Å². The molecule has 58 valence electrons. The first-order valence-corrected chi connectivity index (χ1v) is 3.35. The van der Waals surface area contributed by atoms with E-state index in [4.69, 9.17) is 11.9 Å². The van der Waals surface area contributed by atoms with Crippen LogP contribution in [0.1, 0.15) is 20.3 Å². The molecule has 0 heterocycles. The van der Waals surface area contributed by atoms with Crippen LogP contribution in [0.15, 0.2) is 12.2 Å². The van der Waals surface area contributed by atoms with E-state index in [1.807, 2.05) is 6.92 Å². The van der Waals surface area contributed by atoms with Crippen LogP contribution in [0.25, 0.3) is 0 Å². The molecule has 0 amide bonds. The Morgan fingerprint density at radius 1 is 1.80 bits per heavy atom. The molecule has 0 spiro atoms. The third kappa shape index (κ3) is 3.51. The number of hydrogen-bond acceptors (Lipinski definition) is 2. The predicted molar refractivity (Wildman–Crippen MR) is 40.5 cm³/mol. The monoisotopic (exact) mass is 162 g/mol. The van der Waals surface area contributed by atoms with Gasteiger partial charge in [0.25, 0.3) is 0 Å². The van der Waals surface area contributed by atoms with E-state index in [-0.39, 0.29) is 5.92 Å². The third-order valence-electron chi connectivity index (χ3n) is 1.13. The van der Waals surface area contributed by atoms with Crippen LogP contribution in [0.3, 0.4) is 0 Å². The molecule has 0 radical (unpaired) electrons. The Bertz CT molecular complexity index is 143. The van der Waals surface area contributed by atoms with Crippen molar-refractivity contribution in [2.45, 2.75) is 20.3 Å². The van der Waals surface area contributed by atoms with Gasteiger partial charge < -0.3 is 4.29 Å². The normalized spacial score (nSPS) is 12.3. The van der Waals surface area contributed by atoms with Crippen molar-refractivity contribution in [3.8, 4) is 0 Å². The summed E-state index contributed by atoms with van der Waals surface area (Å²) in [7, 11) is 0. The molecule has 0 aromatic heterocycles. The zero-order valence-electron chi connectivity index (χ0n) is 6.19. The van der Waals surface area contributed by atoms with Crippen molar-refractivity contribution >= 4 is 17.8 Å². The van der Waals surface area contributed by atoms with Crippen LogP contribution in [-0.4, -0.2) is 5.97 Å². The molecule has 10 heavy (non-hydrogen) atoms. The van der Waals surface area contributed by atoms with Crippen LogP contribution < -0.4 is 0 Å². The Labute approximate surface area is 66.0 Å². The fourth-order valence-corrected chi connectivity index (χ4v) is 0.834. The van der Waals surface area contributed by atoms with Gasteiger partial charge in [-0.25, -0.2) is 0 Å². The van der Waals surface area contributed by atoms with Gasteiger partial charge in [-0.15, -0.1) is 6.58 Å². The molecule has 0 aromatic rings. The molecular weight excluding hydrogens is 152 g/mol. The average Bonchev–Trinajstić information content (AvgIpc) is 1.85. The topological polar surface area (TPSA) is 26.3 Å². The molecule has 3 heteroatoms. The molecule has 2 nitrogen and oxygen atoms in total. The van der Waals surface area contributed by atoms with Gasteiger partial charge in [-0.3, -0.25) is 4.79 Å². The van der Waals surface area contributed by atoms with Crippen molar-refractivity contribution in [3.05, 3.63) is 12.2 Å². The van der Waals surface area contributed by atoms with Crippen LogP contribution in [0.2, 0.25) is 0 Å². The summed E-state index contributed by atoms with van der Waals surface area (Å²) in [5.74, 6) is -0.584. The highest BCUT2D eigenvalue weighted by Gasteiger charge is 2.13. The maximum absolute atomic E-state index is 10.7. The standard InChI is InChI=1S/C7H11ClO2/c1-5(2)4-6(3)7(9)10-8/h6H,1,4H2,2-3H3. The minimum atomic E-state index is -0.398. The molecule has 0 aliphatic heterocycles. The minimum Gasteiger partial charge on any atom is -0.347 e. The SMILES string of the molecule is C=C(C)CC(C)C(=O)OCl. The molecule has 0 aliphatic rings. The lowest BCUT2D eigenvalue weighted by molar-refractivity contribution is -0.137. The Morgan fingerprint density at radius 2 is 2.30 bits per heavy atom. The molecule has 0 aromatic carbocycles. The number of halogens is 1. The summed E-state index contributed by atoms with van der Waals surface area (Å²) in [4.78, 5) is 10.7. The molecule has 0 rings (SSSR count). The van der Waals surface area contributed by atoms with Gasteiger partial charge >= 0.3 is 5.97 Å². The van der Waals surface area contributed by atoms with Crippen molar-refractivity contribution in [1.29, 1.82) is 0 Å². The van der Waals surface area contributed by atoms with Crippen LogP contribution in [0.5, 0.6) is 0 Å². The van der Waals surface area contributed by atoms with Crippen molar-refractivity contribution in [3.63, 3.8) is 0 Å². The van der Waals surface area contributed by atoms with Gasteiger partial charge in [0, 0.05) is 0 Å². The molecular formula is C7H11ClO2. The quantitative estimate of drug-likeness (QED) is 0.596. The van der Waals surface area contributed by atoms with Gasteiger partial charge in [-0.1, -0.05) is 12.5 Å². The molecule has 1 unspecified atom stereocenters. The highest BCUT2D eigenvalue weighted by molar-refractivity contribution is 6.13. The molecule has 0 saturated carbocycles. The highest BCUT2D eigenvalue weighted by atomic mass is 35.5. The zero-order valence-corrected chi connectivity index (χ0v) is 6.94. The van der Waals surface area contributed by atoms with Gasteiger partial charge in [0.15, 0.2) is 0 Å². The lowest BCUT2D eigenvalue weighted by atomic mass is 10.0. The van der Waals surface area contributed by atoms with Crippen LogP contribution in [0.4, 0.5) is 0 Å². The van der Waals surface area contributed by atoms with E-state index in [1.54, 1.807) is 6.92 Å². The maximum Gasteiger partial charge on any atom is 0.327 e. The van der Waals surface area contributed by atoms with Gasteiger partial charge in [-0.05, 0) is 13.3 Å². The van der Waals surface area contributed by atoms with E-state index < -0.39 is 5.97 Å². The summed E-state index contributed by atoms with van der Waals surface area (Å²) < 4.78 is 4.01. The number of rotatable bonds is 3. The largest absolute Gasteiger partial charge is 0.347 e. The first-order chi connectivity index (χ1) is 4.57. The lowest BCUT2D eigenvalue weighted by Crippen LogP contribution is -2.10. The van der Waals surface area contributed by atoms with Crippen molar-refractivity contribution in [2.75, 3.05) is 0 Å². The fourth-order valence-electron chi connectivity index (χ4n) is 0.682. The Hall–Kier alpha value is -0.500. The summed E-state index contributed by atoms with van der Waals surface area (Å²) in [5.41, 5.74) is 0.953. The number of carbonyl (C=O) groups is 1. The van der Waals surface area contributed by atoms with Crippen LogP contribution in [0, 0.1) is 5.92 Å². The number of carbonyl (C=O) groups excluding carboxylic acids is 1. The lowest BCUT2D eigenvalue weighted by Gasteiger charge is -2.05. The fraction of sp³-hybridized carbons (Fsp3) is 0.571. The number of allylic oxidation sites excluding steroid dienone is 1. The smallest absolute Gasteiger partial charge is 0.327 e. The molecule has 0 bridgehead atoms. The van der Waals surface area contributed by atoms with Crippen molar-refractivity contribution in [2.24, 2.45) is 5.92 Å². The van der Waals surface area contributed by atoms with Crippen molar-refractivity contribution in [1.82, 2.24) is 0 Å². The number of hydrogen-bond donors (Lipinski definition) is 0. The van der Waals surface area contributed by atoms with Crippen LogP contribution >= 0.6 is 11.9 Å². The van der Waals surface area contributed by atoms with Gasteiger partial charge in [0.05, 0.1) is 5.92 Å². The Kier molecular flexibility index (Phi) is 4.12. The molecule has 0 fully saturated rings. The first-order valence-electron chi connectivity index (χ1n) is 3.04. The van der Waals surface area contributed by atoms with E-state index in [0.29, 0.717) is 6.42 Å². The molecule has 0 aliphatic carbocycles. The summed E-state index contributed by atoms with van der Waals surface area (Å²) in [6.07, 6.45) is 0.631. The molecule has 1 atom stereocenters. The summed E-state index contributed by atoms with van der Waals surface area (Å²) >= 11 is 4.85. The Morgan fingerprint density at radius 3 is 2.60 bits per heavy atom. The summed E-state index contributed by atoms with van der Waals surface area (Å²) in [6.45, 7) is 7.27. The van der Waals surface area contributed by atoms with E-state index in [0.717, 1.165) is 5.57 Å². The van der Waals surface area contributed by atoms with Gasteiger partial charge in [0.2, 0.25) is 0 Å². The third-order valence-corrected chi connectivity index (χ3v) is 1.29. The highest BCUT2D eigenvalue weighted by Crippen LogP contribution is 2.10. The van der Waals surface area contributed by atoms with E-state index in [9.17, 15) is 4.79 Å². The molecule has 0 saturated heterocycles. The first kappa shape index (κ1) is 9.50. The van der Waals surface area contributed by atoms with E-state index >= 15 is 0 Å². The zero-order chi connectivity index (χ0) is 8.15. The predicted octanol–water partition coefficient (Wildman–Crippen LogP) is 2.29. The Balaban J connectivity index is 3.72. The average molecular weight is 163 g/mol. The summed E-state index contributed by atoms with van der Waals surface area (Å²) in [5, 5.41) is 0. The molecule has 0 N–H and O–H groups in total. The second-order valence-electron chi connectivity index (χ2n) is 2.46.